The molecule has 2 aromatic carbocycles. The van der Waals surface area contributed by atoms with Crippen LogP contribution in [0.3, 0.4) is 0 Å². The number of aryl methyl sites for hydroxylation is 1. The van der Waals surface area contributed by atoms with E-state index in [-0.39, 0.29) is 5.56 Å². The monoisotopic (exact) mass is 371 g/mol. The van der Waals surface area contributed by atoms with Crippen molar-refractivity contribution in [3.63, 3.8) is 0 Å². The van der Waals surface area contributed by atoms with Crippen LogP contribution < -0.4 is 10.5 Å². The van der Waals surface area contributed by atoms with Gasteiger partial charge in [0.25, 0.3) is 5.56 Å². The van der Waals surface area contributed by atoms with Gasteiger partial charge in [-0.25, -0.2) is 4.68 Å². The number of nitrogens with zero attached hydrogens (tertiary/aromatic N) is 3. The molecule has 0 N–H and O–H groups in total. The van der Waals surface area contributed by atoms with Crippen molar-refractivity contribution in [2.45, 2.75) is 26.7 Å². The van der Waals surface area contributed by atoms with Crippen LogP contribution in [0, 0.1) is 12.8 Å². The minimum Gasteiger partial charge on any atom is -0.368 e. The molecule has 1 saturated carbocycles. The highest BCUT2D eigenvalue weighted by molar-refractivity contribution is 5.83. The number of benzene rings is 2. The van der Waals surface area contributed by atoms with Crippen molar-refractivity contribution in [2.75, 3.05) is 18.0 Å². The molecule has 0 bridgehead atoms. The molecule has 1 fully saturated rings. The van der Waals surface area contributed by atoms with Crippen LogP contribution in [0.15, 0.2) is 65.5 Å². The van der Waals surface area contributed by atoms with Crippen molar-refractivity contribution in [2.24, 2.45) is 5.92 Å². The summed E-state index contributed by atoms with van der Waals surface area (Å²) in [6.07, 6.45) is 4.94. The summed E-state index contributed by atoms with van der Waals surface area (Å²) in [5.74, 6) is 0.687. The molecule has 5 rings (SSSR count). The molecule has 1 aromatic heterocycles. The second-order valence-electron chi connectivity index (χ2n) is 7.76. The van der Waals surface area contributed by atoms with Crippen LogP contribution >= 0.6 is 0 Å². The summed E-state index contributed by atoms with van der Waals surface area (Å²) < 4.78 is 3.80. The predicted octanol–water partition coefficient (Wildman–Crippen LogP) is 4.57. The third kappa shape index (κ3) is 2.71. The van der Waals surface area contributed by atoms with Crippen molar-refractivity contribution in [1.29, 1.82) is 0 Å². The minimum atomic E-state index is 0.00131. The second kappa shape index (κ2) is 6.55. The van der Waals surface area contributed by atoms with E-state index >= 15 is 0 Å². The normalized spacial score (nSPS) is 16.1. The molecule has 4 nitrogen and oxygen atoms in total. The maximum Gasteiger partial charge on any atom is 0.271 e. The first kappa shape index (κ1) is 17.1. The number of anilines is 1. The van der Waals surface area contributed by atoms with E-state index < -0.39 is 0 Å². The van der Waals surface area contributed by atoms with Gasteiger partial charge < -0.3 is 4.90 Å². The van der Waals surface area contributed by atoms with E-state index in [1.807, 2.05) is 41.9 Å². The fraction of sp³-hybridized carbons (Fsp3) is 0.292. The van der Waals surface area contributed by atoms with Gasteiger partial charge in [-0.15, -0.1) is 0 Å². The lowest BCUT2D eigenvalue weighted by molar-refractivity contribution is 0.706. The summed E-state index contributed by atoms with van der Waals surface area (Å²) in [6.45, 7) is 6.15. The SMILES string of the molecule is CCN1CC=C(C2CC2)c2cc(-n3c(=O)cc(C)n3-c3ccccc3)ccc21. The molecule has 0 unspecified atom stereocenters. The molecule has 28 heavy (non-hydrogen) atoms. The fourth-order valence-electron chi connectivity index (χ4n) is 4.35. The van der Waals surface area contributed by atoms with Gasteiger partial charge in [-0.3, -0.25) is 9.48 Å². The summed E-state index contributed by atoms with van der Waals surface area (Å²) in [7, 11) is 0. The molecule has 0 spiro atoms. The zero-order valence-electron chi connectivity index (χ0n) is 16.4. The number of hydrogen-bond donors (Lipinski definition) is 0. The van der Waals surface area contributed by atoms with Gasteiger partial charge in [-0.05, 0) is 68.5 Å². The highest BCUT2D eigenvalue weighted by Crippen LogP contribution is 2.46. The lowest BCUT2D eigenvalue weighted by Crippen LogP contribution is -2.27. The van der Waals surface area contributed by atoms with Crippen molar-refractivity contribution in [3.8, 4) is 11.4 Å². The van der Waals surface area contributed by atoms with Gasteiger partial charge in [0.15, 0.2) is 0 Å². The number of para-hydroxylation sites is 1. The molecule has 142 valence electrons. The molecule has 2 aliphatic rings. The van der Waals surface area contributed by atoms with Gasteiger partial charge in [0.1, 0.15) is 0 Å². The van der Waals surface area contributed by atoms with Crippen LogP contribution in [-0.2, 0) is 0 Å². The molecule has 1 aliphatic heterocycles. The van der Waals surface area contributed by atoms with Gasteiger partial charge in [0.05, 0.1) is 11.4 Å². The van der Waals surface area contributed by atoms with Crippen LogP contribution in [0.25, 0.3) is 16.9 Å². The third-order valence-electron chi connectivity index (χ3n) is 5.88. The minimum absolute atomic E-state index is 0.00131. The van der Waals surface area contributed by atoms with Gasteiger partial charge in [0.2, 0.25) is 0 Å². The Morgan fingerprint density at radius 3 is 2.46 bits per heavy atom. The number of hydrogen-bond acceptors (Lipinski definition) is 2. The Bertz CT molecular complexity index is 1120. The van der Waals surface area contributed by atoms with Crippen LogP contribution in [0.2, 0.25) is 0 Å². The molecule has 0 amide bonds. The zero-order valence-corrected chi connectivity index (χ0v) is 16.4. The Balaban J connectivity index is 1.70. The molecule has 2 heterocycles. The third-order valence-corrected chi connectivity index (χ3v) is 5.88. The van der Waals surface area contributed by atoms with Crippen LogP contribution in [0.4, 0.5) is 5.69 Å². The second-order valence-corrected chi connectivity index (χ2v) is 7.76. The largest absolute Gasteiger partial charge is 0.368 e. The number of aromatic nitrogens is 2. The fourth-order valence-corrected chi connectivity index (χ4v) is 4.35. The number of rotatable bonds is 4. The molecule has 4 heteroatoms. The molecule has 0 saturated heterocycles. The standard InChI is InChI=1S/C24H25N3O/c1-3-25-14-13-21(18-9-10-18)22-16-20(11-12-23(22)25)27-24(28)15-17(2)26(27)19-7-5-4-6-8-19/h4-8,11-13,15-16,18H,3,9-10,14H2,1-2H3. The van der Waals surface area contributed by atoms with E-state index in [4.69, 9.17) is 0 Å². The van der Waals surface area contributed by atoms with Crippen molar-refractivity contribution < 1.29 is 0 Å². The average Bonchev–Trinajstić information content (AvgIpc) is 3.51. The highest BCUT2D eigenvalue weighted by Gasteiger charge is 2.31. The van der Waals surface area contributed by atoms with E-state index in [0.717, 1.165) is 30.2 Å². The Morgan fingerprint density at radius 2 is 1.75 bits per heavy atom. The number of fused-ring (bicyclic) bond motifs is 1. The van der Waals surface area contributed by atoms with Gasteiger partial charge in [0, 0.05) is 36.1 Å². The first-order valence-corrected chi connectivity index (χ1v) is 10.1. The van der Waals surface area contributed by atoms with E-state index in [9.17, 15) is 4.79 Å². The van der Waals surface area contributed by atoms with E-state index in [2.05, 4.69) is 36.1 Å². The molecule has 3 aromatic rings. The maximum atomic E-state index is 12.9. The summed E-state index contributed by atoms with van der Waals surface area (Å²) in [4.78, 5) is 15.3. The van der Waals surface area contributed by atoms with Crippen LogP contribution in [-0.4, -0.2) is 22.5 Å². The van der Waals surface area contributed by atoms with E-state index in [1.54, 1.807) is 10.7 Å². The zero-order chi connectivity index (χ0) is 19.3. The number of allylic oxidation sites excluding steroid dienone is 1. The Labute approximate surface area is 165 Å². The highest BCUT2D eigenvalue weighted by atomic mass is 16.1. The van der Waals surface area contributed by atoms with Gasteiger partial charge >= 0.3 is 0 Å². The topological polar surface area (TPSA) is 30.2 Å². The summed E-state index contributed by atoms with van der Waals surface area (Å²) in [5, 5.41) is 0. The first-order chi connectivity index (χ1) is 13.7. The average molecular weight is 371 g/mol. The van der Waals surface area contributed by atoms with Gasteiger partial charge in [-0.1, -0.05) is 24.3 Å². The van der Waals surface area contributed by atoms with Crippen LogP contribution in [0.5, 0.6) is 0 Å². The quantitative estimate of drug-likeness (QED) is 0.672. The van der Waals surface area contributed by atoms with Crippen LogP contribution in [0.1, 0.15) is 31.0 Å². The summed E-state index contributed by atoms with van der Waals surface area (Å²) >= 11 is 0. The maximum absolute atomic E-state index is 12.9. The smallest absolute Gasteiger partial charge is 0.271 e. The van der Waals surface area contributed by atoms with E-state index in [1.165, 1.54) is 29.7 Å². The molecule has 1 aliphatic carbocycles. The van der Waals surface area contributed by atoms with Gasteiger partial charge in [-0.2, -0.15) is 0 Å². The molecule has 0 radical (unpaired) electrons. The first-order valence-electron chi connectivity index (χ1n) is 10.1. The Kier molecular flexibility index (Phi) is 4.00. The molecule has 0 atom stereocenters. The predicted molar refractivity (Wildman–Crippen MR) is 115 cm³/mol. The van der Waals surface area contributed by atoms with Crippen molar-refractivity contribution in [3.05, 3.63) is 82.3 Å². The summed E-state index contributed by atoms with van der Waals surface area (Å²) in [5.41, 5.74) is 6.89. The Hall–Kier alpha value is -3.01. The number of likely N-dealkylation sites (N-methyl/N-ethyl adjacent to an activating group) is 1. The van der Waals surface area contributed by atoms with Crippen molar-refractivity contribution in [1.82, 2.24) is 9.36 Å². The summed E-state index contributed by atoms with van der Waals surface area (Å²) in [6, 6.07) is 18.3. The lowest BCUT2D eigenvalue weighted by atomic mass is 9.95. The van der Waals surface area contributed by atoms with Crippen molar-refractivity contribution >= 4 is 11.3 Å². The Morgan fingerprint density at radius 1 is 0.964 bits per heavy atom. The van der Waals surface area contributed by atoms with E-state index in [0.29, 0.717) is 5.92 Å². The molecular formula is C24H25N3O. The lowest BCUT2D eigenvalue weighted by Gasteiger charge is -2.30. The molecular weight excluding hydrogens is 346 g/mol.